The molecule has 8 heteroatoms. The maximum Gasteiger partial charge on any atom is 0.251 e. The van der Waals surface area contributed by atoms with Gasteiger partial charge in [0.1, 0.15) is 0 Å². The van der Waals surface area contributed by atoms with Crippen molar-refractivity contribution >= 4 is 15.7 Å². The average Bonchev–Trinajstić information content (AvgIpc) is 2.79. The van der Waals surface area contributed by atoms with Crippen molar-refractivity contribution in [2.24, 2.45) is 0 Å². The highest BCUT2D eigenvalue weighted by Gasteiger charge is 2.18. The van der Waals surface area contributed by atoms with Crippen LogP contribution in [0.4, 0.5) is 0 Å². The number of sulfone groups is 1. The van der Waals surface area contributed by atoms with Crippen LogP contribution in [0.3, 0.4) is 0 Å². The lowest BCUT2D eigenvalue weighted by molar-refractivity contribution is 0.0934. The Bertz CT molecular complexity index is 925. The highest BCUT2D eigenvalue weighted by atomic mass is 32.2. The quantitative estimate of drug-likeness (QED) is 0.599. The second kappa shape index (κ2) is 11.4. The predicted octanol–water partition coefficient (Wildman–Crippen LogP) is 1.65. The van der Waals surface area contributed by atoms with E-state index in [0.29, 0.717) is 12.1 Å². The summed E-state index contributed by atoms with van der Waals surface area (Å²) in [7, 11) is -1.92. The van der Waals surface area contributed by atoms with Crippen LogP contribution >= 0.6 is 0 Å². The van der Waals surface area contributed by atoms with E-state index in [0.717, 1.165) is 39.3 Å². The molecule has 0 unspecified atom stereocenters. The number of nitrogens with one attached hydrogen (secondary N) is 1. The van der Waals surface area contributed by atoms with E-state index in [-0.39, 0.29) is 23.2 Å². The van der Waals surface area contributed by atoms with Crippen molar-refractivity contribution in [3.8, 4) is 0 Å². The molecule has 0 aromatic heterocycles. The van der Waals surface area contributed by atoms with Crippen molar-refractivity contribution in [1.29, 1.82) is 0 Å². The summed E-state index contributed by atoms with van der Waals surface area (Å²) in [5.74, 6) is -0.267. The molecule has 2 aromatic rings. The lowest BCUT2D eigenvalue weighted by atomic mass is 10.2. The summed E-state index contributed by atoms with van der Waals surface area (Å²) in [4.78, 5) is 17.4. The smallest absolute Gasteiger partial charge is 0.251 e. The third kappa shape index (κ3) is 7.14. The Morgan fingerprint density at radius 1 is 0.968 bits per heavy atom. The third-order valence-electron chi connectivity index (χ3n) is 5.46. The molecule has 168 valence electrons. The molecule has 1 amide bonds. The normalized spacial score (nSPS) is 15.6. The molecule has 7 nitrogen and oxygen atoms in total. The minimum atomic E-state index is -3.39. The first-order valence-corrected chi connectivity index (χ1v) is 12.2. The molecule has 31 heavy (non-hydrogen) atoms. The fourth-order valence-corrected chi connectivity index (χ4v) is 4.74. The minimum Gasteiger partial charge on any atom is -0.384 e. The fourth-order valence-electron chi connectivity index (χ4n) is 3.57. The van der Waals surface area contributed by atoms with Crippen molar-refractivity contribution in [3.63, 3.8) is 0 Å². The van der Waals surface area contributed by atoms with Crippen LogP contribution in [0.15, 0.2) is 59.5 Å². The Morgan fingerprint density at radius 3 is 2.26 bits per heavy atom. The van der Waals surface area contributed by atoms with Gasteiger partial charge in [0.15, 0.2) is 9.84 Å². The summed E-state index contributed by atoms with van der Waals surface area (Å²) in [6, 6.07) is 16.6. The lowest BCUT2D eigenvalue weighted by Gasteiger charge is -2.34. The number of ether oxygens (including phenoxy) is 1. The summed E-state index contributed by atoms with van der Waals surface area (Å²) in [5.41, 5.74) is 1.79. The van der Waals surface area contributed by atoms with E-state index in [4.69, 9.17) is 4.74 Å². The molecule has 0 bridgehead atoms. The highest BCUT2D eigenvalue weighted by molar-refractivity contribution is 7.91. The van der Waals surface area contributed by atoms with Gasteiger partial charge in [0, 0.05) is 58.5 Å². The number of hydrogen-bond donors (Lipinski definition) is 1. The zero-order valence-electron chi connectivity index (χ0n) is 18.0. The van der Waals surface area contributed by atoms with E-state index in [1.807, 2.05) is 6.07 Å². The number of carbonyl (C=O) groups excluding carboxylic acids is 1. The summed E-state index contributed by atoms with van der Waals surface area (Å²) >= 11 is 0. The molecule has 2 aromatic carbocycles. The van der Waals surface area contributed by atoms with Gasteiger partial charge in [-0.2, -0.15) is 0 Å². The SMILES string of the molecule is COCCS(=O)(=O)c1ccc(C(=O)NCCN2CCN(Cc3ccccc3)CC2)cc1. The van der Waals surface area contributed by atoms with Crippen molar-refractivity contribution in [2.75, 3.05) is 58.7 Å². The summed E-state index contributed by atoms with van der Waals surface area (Å²) < 4.78 is 29.1. The van der Waals surface area contributed by atoms with E-state index in [1.165, 1.54) is 24.8 Å². The largest absolute Gasteiger partial charge is 0.384 e. The Balaban J connectivity index is 1.38. The van der Waals surface area contributed by atoms with Crippen LogP contribution in [0.25, 0.3) is 0 Å². The molecule has 0 saturated carbocycles. The summed E-state index contributed by atoms with van der Waals surface area (Å²) in [5, 5.41) is 2.93. The monoisotopic (exact) mass is 445 g/mol. The molecule has 1 N–H and O–H groups in total. The van der Waals surface area contributed by atoms with E-state index in [9.17, 15) is 13.2 Å². The number of amides is 1. The van der Waals surface area contributed by atoms with Gasteiger partial charge in [-0.05, 0) is 29.8 Å². The van der Waals surface area contributed by atoms with Gasteiger partial charge in [-0.15, -0.1) is 0 Å². The van der Waals surface area contributed by atoms with Crippen LogP contribution in [-0.4, -0.2) is 82.9 Å². The molecule has 0 spiro atoms. The van der Waals surface area contributed by atoms with E-state index >= 15 is 0 Å². The third-order valence-corrected chi connectivity index (χ3v) is 7.15. The minimum absolute atomic E-state index is 0.0757. The van der Waals surface area contributed by atoms with Crippen LogP contribution in [0.5, 0.6) is 0 Å². The van der Waals surface area contributed by atoms with Gasteiger partial charge in [-0.3, -0.25) is 14.6 Å². The predicted molar refractivity (Wildman–Crippen MR) is 121 cm³/mol. The first-order valence-electron chi connectivity index (χ1n) is 10.6. The molecule has 0 atom stereocenters. The zero-order chi connectivity index (χ0) is 22.1. The van der Waals surface area contributed by atoms with E-state index < -0.39 is 9.84 Å². The van der Waals surface area contributed by atoms with Gasteiger partial charge >= 0.3 is 0 Å². The van der Waals surface area contributed by atoms with Crippen LogP contribution in [0, 0.1) is 0 Å². The molecule has 1 fully saturated rings. The Hall–Kier alpha value is -2.26. The summed E-state index contributed by atoms with van der Waals surface area (Å²) in [6.07, 6.45) is 0. The van der Waals surface area contributed by atoms with Crippen molar-refractivity contribution in [2.45, 2.75) is 11.4 Å². The fraction of sp³-hybridized carbons (Fsp3) is 0.435. The van der Waals surface area contributed by atoms with Gasteiger partial charge in [-0.1, -0.05) is 30.3 Å². The number of hydrogen-bond acceptors (Lipinski definition) is 6. The van der Waals surface area contributed by atoms with Crippen molar-refractivity contribution in [3.05, 3.63) is 65.7 Å². The number of piperazine rings is 1. The van der Waals surface area contributed by atoms with Gasteiger partial charge in [0.25, 0.3) is 5.91 Å². The van der Waals surface area contributed by atoms with Gasteiger partial charge in [0.2, 0.25) is 0 Å². The molecule has 1 aliphatic heterocycles. The first-order chi connectivity index (χ1) is 15.0. The molecule has 3 rings (SSSR count). The molecule has 1 aliphatic rings. The number of nitrogens with zero attached hydrogens (tertiary/aromatic N) is 2. The maximum absolute atomic E-state index is 12.4. The Kier molecular flexibility index (Phi) is 8.60. The standard InChI is InChI=1S/C23H31N3O4S/c1-30-17-18-31(28,29)22-9-7-21(8-10-22)23(27)24-11-12-25-13-15-26(16-14-25)19-20-5-3-2-4-6-20/h2-10H,11-19H2,1H3,(H,24,27). The Morgan fingerprint density at radius 2 is 1.61 bits per heavy atom. The van der Waals surface area contributed by atoms with Crippen molar-refractivity contribution < 1.29 is 17.9 Å². The maximum atomic E-state index is 12.4. The lowest BCUT2D eigenvalue weighted by Crippen LogP contribution is -2.48. The molecule has 1 heterocycles. The van der Waals surface area contributed by atoms with E-state index in [2.05, 4.69) is 39.4 Å². The number of rotatable bonds is 10. The first kappa shape index (κ1) is 23.4. The number of benzene rings is 2. The van der Waals surface area contributed by atoms with Crippen LogP contribution in [0.1, 0.15) is 15.9 Å². The van der Waals surface area contributed by atoms with Crippen LogP contribution in [0.2, 0.25) is 0 Å². The Labute approximate surface area is 184 Å². The molecule has 1 saturated heterocycles. The number of carbonyl (C=O) groups is 1. The van der Waals surface area contributed by atoms with E-state index in [1.54, 1.807) is 12.1 Å². The van der Waals surface area contributed by atoms with Gasteiger partial charge < -0.3 is 10.1 Å². The number of methoxy groups -OCH3 is 1. The summed E-state index contributed by atoms with van der Waals surface area (Å²) in [6.45, 7) is 6.48. The molecule has 0 radical (unpaired) electrons. The van der Waals surface area contributed by atoms with Crippen LogP contribution < -0.4 is 5.32 Å². The average molecular weight is 446 g/mol. The molecular weight excluding hydrogens is 414 g/mol. The van der Waals surface area contributed by atoms with Gasteiger partial charge in [-0.25, -0.2) is 8.42 Å². The molecular formula is C23H31N3O4S. The topological polar surface area (TPSA) is 78.9 Å². The van der Waals surface area contributed by atoms with Crippen LogP contribution in [-0.2, 0) is 21.1 Å². The van der Waals surface area contributed by atoms with Crippen molar-refractivity contribution in [1.82, 2.24) is 15.1 Å². The second-order valence-corrected chi connectivity index (χ2v) is 9.80. The molecule has 0 aliphatic carbocycles. The second-order valence-electron chi connectivity index (χ2n) is 7.70. The zero-order valence-corrected chi connectivity index (χ0v) is 18.8. The highest BCUT2D eigenvalue weighted by Crippen LogP contribution is 2.13. The van der Waals surface area contributed by atoms with Gasteiger partial charge in [0.05, 0.1) is 17.3 Å².